The zero-order valence-corrected chi connectivity index (χ0v) is 14.6. The zero-order chi connectivity index (χ0) is 19.7. The molecule has 0 fully saturated rings. The van der Waals surface area contributed by atoms with Crippen LogP contribution in [0.4, 0.5) is 17.6 Å². The molecule has 4 aromatic rings. The van der Waals surface area contributed by atoms with E-state index in [0.29, 0.717) is 6.54 Å². The van der Waals surface area contributed by atoms with E-state index in [4.69, 9.17) is 0 Å². The molecule has 4 rings (SSSR count). The standard InChI is InChI=1S/C22H15F4NO/c23-19-6-1-15(2-7-19)14-27-12-11-18-13-17(5-10-21(18)27)16-3-8-20(9-4-16)28-22(24,25)26/h1-13H,14H2. The Kier molecular flexibility index (Phi) is 4.55. The Balaban J connectivity index is 1.58. The number of hydrogen-bond acceptors (Lipinski definition) is 1. The van der Waals surface area contributed by atoms with Crippen molar-refractivity contribution in [3.05, 3.63) is 90.4 Å². The van der Waals surface area contributed by atoms with E-state index >= 15 is 0 Å². The molecule has 1 aromatic heterocycles. The summed E-state index contributed by atoms with van der Waals surface area (Å²) in [6.07, 6.45) is -2.74. The van der Waals surface area contributed by atoms with E-state index in [2.05, 4.69) is 9.30 Å². The molecule has 1 heterocycles. The molecule has 0 aliphatic carbocycles. The highest BCUT2D eigenvalue weighted by Crippen LogP contribution is 2.29. The molecule has 0 atom stereocenters. The summed E-state index contributed by atoms with van der Waals surface area (Å²) in [6, 6.07) is 20.0. The van der Waals surface area contributed by atoms with E-state index in [9.17, 15) is 17.6 Å². The molecular weight excluding hydrogens is 370 g/mol. The fourth-order valence-electron chi connectivity index (χ4n) is 3.15. The number of halogens is 4. The maximum absolute atomic E-state index is 13.1. The van der Waals surface area contributed by atoms with Gasteiger partial charge in [-0.1, -0.05) is 30.3 Å². The monoisotopic (exact) mass is 385 g/mol. The van der Waals surface area contributed by atoms with Crippen molar-refractivity contribution in [3.8, 4) is 16.9 Å². The van der Waals surface area contributed by atoms with Crippen molar-refractivity contribution in [2.75, 3.05) is 0 Å². The molecule has 0 spiro atoms. The summed E-state index contributed by atoms with van der Waals surface area (Å²) in [6.45, 7) is 0.618. The fourth-order valence-corrected chi connectivity index (χ4v) is 3.15. The lowest BCUT2D eigenvalue weighted by molar-refractivity contribution is -0.274. The molecule has 2 nitrogen and oxygen atoms in total. The van der Waals surface area contributed by atoms with Crippen LogP contribution in [0, 0.1) is 5.82 Å². The molecule has 3 aromatic carbocycles. The number of benzene rings is 3. The maximum atomic E-state index is 13.1. The Morgan fingerprint density at radius 3 is 2.14 bits per heavy atom. The first-order valence-electron chi connectivity index (χ1n) is 8.57. The summed E-state index contributed by atoms with van der Waals surface area (Å²) in [5, 5.41) is 1.01. The minimum atomic E-state index is -4.70. The van der Waals surface area contributed by atoms with Gasteiger partial charge in [-0.3, -0.25) is 0 Å². The van der Waals surface area contributed by atoms with Crippen molar-refractivity contribution in [1.82, 2.24) is 4.57 Å². The summed E-state index contributed by atoms with van der Waals surface area (Å²) in [7, 11) is 0. The summed E-state index contributed by atoms with van der Waals surface area (Å²) in [5.74, 6) is -0.514. The first-order chi connectivity index (χ1) is 13.4. The van der Waals surface area contributed by atoms with Crippen LogP contribution in [-0.2, 0) is 6.54 Å². The van der Waals surface area contributed by atoms with Gasteiger partial charge in [0.15, 0.2) is 0 Å². The van der Waals surface area contributed by atoms with Crippen LogP contribution < -0.4 is 4.74 Å². The van der Waals surface area contributed by atoms with Crippen LogP contribution in [0.15, 0.2) is 79.0 Å². The van der Waals surface area contributed by atoms with Gasteiger partial charge in [-0.25, -0.2) is 4.39 Å². The molecule has 0 aliphatic heterocycles. The second kappa shape index (κ2) is 7.03. The number of nitrogens with zero attached hydrogens (tertiary/aromatic N) is 1. The predicted octanol–water partition coefficient (Wildman–Crippen LogP) is 6.39. The van der Waals surface area contributed by atoms with Gasteiger partial charge in [-0.2, -0.15) is 0 Å². The fraction of sp³-hybridized carbons (Fsp3) is 0.0909. The lowest BCUT2D eigenvalue weighted by Crippen LogP contribution is -2.16. The lowest BCUT2D eigenvalue weighted by Gasteiger charge is -2.10. The minimum absolute atomic E-state index is 0.247. The Labute approximate surface area is 158 Å². The summed E-state index contributed by atoms with van der Waals surface area (Å²) in [4.78, 5) is 0. The number of hydrogen-bond donors (Lipinski definition) is 0. The molecular formula is C22H15F4NO. The third-order valence-corrected chi connectivity index (χ3v) is 4.46. The lowest BCUT2D eigenvalue weighted by atomic mass is 10.0. The largest absolute Gasteiger partial charge is 0.573 e. The van der Waals surface area contributed by atoms with Gasteiger partial charge in [0.05, 0.1) is 0 Å². The smallest absolute Gasteiger partial charge is 0.406 e. The Bertz CT molecular complexity index is 1100. The third kappa shape index (κ3) is 4.01. The van der Waals surface area contributed by atoms with Crippen molar-refractivity contribution in [1.29, 1.82) is 0 Å². The molecule has 0 aliphatic rings. The van der Waals surface area contributed by atoms with Gasteiger partial charge in [0, 0.05) is 23.6 Å². The van der Waals surface area contributed by atoms with Crippen LogP contribution in [-0.4, -0.2) is 10.9 Å². The SMILES string of the molecule is Fc1ccc(Cn2ccc3cc(-c4ccc(OC(F)(F)F)cc4)ccc32)cc1. The van der Waals surface area contributed by atoms with Crippen LogP contribution in [0.5, 0.6) is 5.75 Å². The molecule has 0 radical (unpaired) electrons. The predicted molar refractivity (Wildman–Crippen MR) is 99.6 cm³/mol. The third-order valence-electron chi connectivity index (χ3n) is 4.46. The Hall–Kier alpha value is -3.28. The molecule has 142 valence electrons. The summed E-state index contributed by atoms with van der Waals surface area (Å²) >= 11 is 0. The molecule has 28 heavy (non-hydrogen) atoms. The van der Waals surface area contributed by atoms with Gasteiger partial charge in [0.2, 0.25) is 0 Å². The molecule has 0 saturated carbocycles. The van der Waals surface area contributed by atoms with E-state index in [1.807, 2.05) is 30.5 Å². The van der Waals surface area contributed by atoms with Gasteiger partial charge in [-0.15, -0.1) is 13.2 Å². The van der Waals surface area contributed by atoms with Crippen molar-refractivity contribution in [2.45, 2.75) is 12.9 Å². The van der Waals surface area contributed by atoms with Gasteiger partial charge < -0.3 is 9.30 Å². The highest BCUT2D eigenvalue weighted by molar-refractivity contribution is 5.85. The van der Waals surface area contributed by atoms with Crippen molar-refractivity contribution < 1.29 is 22.3 Å². The van der Waals surface area contributed by atoms with Crippen LogP contribution >= 0.6 is 0 Å². The van der Waals surface area contributed by atoms with Crippen molar-refractivity contribution >= 4 is 10.9 Å². The van der Waals surface area contributed by atoms with Gasteiger partial charge >= 0.3 is 6.36 Å². The number of alkyl halides is 3. The number of aromatic nitrogens is 1. The number of fused-ring (bicyclic) bond motifs is 1. The van der Waals surface area contributed by atoms with Crippen LogP contribution in [0.1, 0.15) is 5.56 Å². The van der Waals surface area contributed by atoms with E-state index in [-0.39, 0.29) is 11.6 Å². The molecule has 0 N–H and O–H groups in total. The average Bonchev–Trinajstić information content (AvgIpc) is 3.05. The summed E-state index contributed by atoms with van der Waals surface area (Å²) < 4.78 is 55.8. The van der Waals surface area contributed by atoms with E-state index in [1.54, 1.807) is 24.3 Å². The first-order valence-corrected chi connectivity index (χ1v) is 8.57. The van der Waals surface area contributed by atoms with E-state index in [1.165, 1.54) is 24.3 Å². The number of rotatable bonds is 4. The maximum Gasteiger partial charge on any atom is 0.573 e. The second-order valence-corrected chi connectivity index (χ2v) is 6.42. The van der Waals surface area contributed by atoms with Crippen LogP contribution in [0.25, 0.3) is 22.0 Å². The van der Waals surface area contributed by atoms with Crippen LogP contribution in [0.2, 0.25) is 0 Å². The Morgan fingerprint density at radius 1 is 0.786 bits per heavy atom. The first kappa shape index (κ1) is 18.1. The topological polar surface area (TPSA) is 14.2 Å². The van der Waals surface area contributed by atoms with Crippen molar-refractivity contribution in [3.63, 3.8) is 0 Å². The molecule has 0 saturated heterocycles. The van der Waals surface area contributed by atoms with Crippen LogP contribution in [0.3, 0.4) is 0 Å². The van der Waals surface area contributed by atoms with E-state index < -0.39 is 6.36 Å². The van der Waals surface area contributed by atoms with Gasteiger partial charge in [0.1, 0.15) is 11.6 Å². The highest BCUT2D eigenvalue weighted by Gasteiger charge is 2.30. The number of ether oxygens (including phenoxy) is 1. The molecule has 6 heteroatoms. The normalized spacial score (nSPS) is 11.7. The second-order valence-electron chi connectivity index (χ2n) is 6.42. The van der Waals surface area contributed by atoms with Gasteiger partial charge in [-0.05, 0) is 59.2 Å². The minimum Gasteiger partial charge on any atom is -0.406 e. The Morgan fingerprint density at radius 2 is 1.46 bits per heavy atom. The van der Waals surface area contributed by atoms with Crippen molar-refractivity contribution in [2.24, 2.45) is 0 Å². The molecule has 0 bridgehead atoms. The van der Waals surface area contributed by atoms with Gasteiger partial charge in [0.25, 0.3) is 0 Å². The van der Waals surface area contributed by atoms with E-state index in [0.717, 1.165) is 27.6 Å². The zero-order valence-electron chi connectivity index (χ0n) is 14.6. The quantitative estimate of drug-likeness (QED) is 0.371. The highest BCUT2D eigenvalue weighted by atomic mass is 19.4. The summed E-state index contributed by atoms with van der Waals surface area (Å²) in [5.41, 5.74) is 3.70. The average molecular weight is 385 g/mol. The molecule has 0 amide bonds. The molecule has 0 unspecified atom stereocenters.